The number of nitrogens with one attached hydrogen (secondary N) is 1. The minimum atomic E-state index is -4.63. The molecule has 136 valence electrons. The number of aliphatic hydroxyl groups is 1. The number of halogens is 5. The Bertz CT molecular complexity index is 763. The van der Waals surface area contributed by atoms with Gasteiger partial charge >= 0.3 is 6.18 Å². The molecule has 5 nitrogen and oxygen atoms in total. The van der Waals surface area contributed by atoms with Gasteiger partial charge in [-0.25, -0.2) is 0 Å². The van der Waals surface area contributed by atoms with E-state index in [9.17, 15) is 18.0 Å². The Morgan fingerprint density at radius 3 is 2.60 bits per heavy atom. The third kappa shape index (κ3) is 5.35. The van der Waals surface area contributed by atoms with E-state index in [0.29, 0.717) is 10.7 Å². The van der Waals surface area contributed by atoms with E-state index in [-0.39, 0.29) is 30.0 Å². The molecule has 25 heavy (non-hydrogen) atoms. The molecular formula is C15H14Cl2F3N3O2. The van der Waals surface area contributed by atoms with Gasteiger partial charge < -0.3 is 10.4 Å². The molecule has 0 aliphatic heterocycles. The number of aryl methyl sites for hydroxylation is 1. The Morgan fingerprint density at radius 1 is 1.28 bits per heavy atom. The van der Waals surface area contributed by atoms with Gasteiger partial charge in [0.05, 0.1) is 10.0 Å². The zero-order valence-corrected chi connectivity index (χ0v) is 14.3. The molecule has 2 aromatic rings. The highest BCUT2D eigenvalue weighted by Crippen LogP contribution is 2.31. The third-order valence-corrected chi connectivity index (χ3v) is 3.96. The number of amides is 1. The van der Waals surface area contributed by atoms with Gasteiger partial charge in [-0.3, -0.25) is 9.48 Å². The topological polar surface area (TPSA) is 67.2 Å². The molecule has 0 saturated heterocycles. The first-order valence-corrected chi connectivity index (χ1v) is 7.95. The van der Waals surface area contributed by atoms with Gasteiger partial charge in [0, 0.05) is 24.1 Å². The molecule has 0 fully saturated rings. The van der Waals surface area contributed by atoms with Crippen LogP contribution < -0.4 is 5.32 Å². The molecule has 1 aromatic carbocycles. The predicted octanol–water partition coefficient (Wildman–Crippen LogP) is 3.77. The van der Waals surface area contributed by atoms with Crippen LogP contribution in [0.15, 0.2) is 24.4 Å². The van der Waals surface area contributed by atoms with Crippen LogP contribution in [0.5, 0.6) is 0 Å². The number of carbonyl (C=O) groups excluding carboxylic acids is 1. The van der Waals surface area contributed by atoms with Crippen molar-refractivity contribution >= 4 is 34.8 Å². The van der Waals surface area contributed by atoms with Gasteiger partial charge in [0.2, 0.25) is 5.91 Å². The molecule has 0 bridgehead atoms. The zero-order valence-electron chi connectivity index (χ0n) is 12.8. The van der Waals surface area contributed by atoms with Gasteiger partial charge in [-0.15, -0.1) is 0 Å². The van der Waals surface area contributed by atoms with Crippen molar-refractivity contribution in [3.63, 3.8) is 0 Å². The molecular weight excluding hydrogens is 382 g/mol. The molecule has 1 amide bonds. The number of rotatable bonds is 6. The maximum Gasteiger partial charge on any atom is 0.435 e. The Morgan fingerprint density at radius 2 is 2.00 bits per heavy atom. The van der Waals surface area contributed by atoms with Gasteiger partial charge in [-0.2, -0.15) is 18.3 Å². The Kier molecular flexibility index (Phi) is 6.31. The van der Waals surface area contributed by atoms with E-state index in [1.165, 1.54) is 18.2 Å². The lowest BCUT2D eigenvalue weighted by Crippen LogP contribution is -2.19. The van der Waals surface area contributed by atoms with E-state index in [4.69, 9.17) is 28.3 Å². The highest BCUT2D eigenvalue weighted by atomic mass is 35.5. The van der Waals surface area contributed by atoms with Crippen LogP contribution in [0, 0.1) is 0 Å². The van der Waals surface area contributed by atoms with Crippen LogP contribution in [-0.4, -0.2) is 27.4 Å². The van der Waals surface area contributed by atoms with Crippen molar-refractivity contribution < 1.29 is 23.1 Å². The van der Waals surface area contributed by atoms with Gasteiger partial charge in [0.1, 0.15) is 6.54 Å². The van der Waals surface area contributed by atoms with E-state index in [2.05, 4.69) is 10.4 Å². The molecule has 10 heteroatoms. The van der Waals surface area contributed by atoms with Crippen LogP contribution in [0.25, 0.3) is 0 Å². The van der Waals surface area contributed by atoms with Crippen molar-refractivity contribution in [3.05, 3.63) is 45.7 Å². The smallest absolute Gasteiger partial charge is 0.396 e. The van der Waals surface area contributed by atoms with Gasteiger partial charge in [-0.05, 0) is 31.0 Å². The summed E-state index contributed by atoms with van der Waals surface area (Å²) in [6, 6.07) is 4.43. The molecule has 0 aliphatic carbocycles. The van der Waals surface area contributed by atoms with Gasteiger partial charge in [-0.1, -0.05) is 23.2 Å². The summed E-state index contributed by atoms with van der Waals surface area (Å²) in [6.07, 6.45) is -3.28. The number of anilines is 1. The van der Waals surface area contributed by atoms with Crippen molar-refractivity contribution in [1.29, 1.82) is 0 Å². The molecule has 1 heterocycles. The molecule has 2 N–H and O–H groups in total. The number of carbonyl (C=O) groups is 1. The van der Waals surface area contributed by atoms with Gasteiger partial charge in [0.25, 0.3) is 0 Å². The highest BCUT2D eigenvalue weighted by Gasteiger charge is 2.37. The minimum absolute atomic E-state index is 0.0136. The molecule has 0 radical (unpaired) electrons. The molecule has 0 aliphatic rings. The van der Waals surface area contributed by atoms with Crippen molar-refractivity contribution in [2.45, 2.75) is 25.6 Å². The summed E-state index contributed by atoms with van der Waals surface area (Å²) < 4.78 is 39.9. The second-order valence-electron chi connectivity index (χ2n) is 5.20. The summed E-state index contributed by atoms with van der Waals surface area (Å²) in [5, 5.41) is 15.3. The summed E-state index contributed by atoms with van der Waals surface area (Å²) >= 11 is 11.6. The standard InChI is InChI=1S/C15H14Cl2F3N3O2/c16-11-4-3-10(6-12(11)17)21-13(25)8-23-7-9(2-1-5-24)14(22-23)15(18,19)20/h3-4,6-7,24H,1-2,5,8H2,(H,21,25). The van der Waals surface area contributed by atoms with E-state index < -0.39 is 24.3 Å². The lowest BCUT2D eigenvalue weighted by molar-refractivity contribution is -0.142. The lowest BCUT2D eigenvalue weighted by atomic mass is 10.1. The fraction of sp³-hybridized carbons (Fsp3) is 0.333. The number of aromatic nitrogens is 2. The summed E-state index contributed by atoms with van der Waals surface area (Å²) in [6.45, 7) is -0.636. The fourth-order valence-corrected chi connectivity index (χ4v) is 2.45. The molecule has 0 atom stereocenters. The average molecular weight is 396 g/mol. The Hall–Kier alpha value is -1.77. The van der Waals surface area contributed by atoms with Crippen LogP contribution in [0.4, 0.5) is 18.9 Å². The second-order valence-corrected chi connectivity index (χ2v) is 6.02. The Balaban J connectivity index is 2.11. The van der Waals surface area contributed by atoms with E-state index in [1.54, 1.807) is 0 Å². The van der Waals surface area contributed by atoms with E-state index in [0.717, 1.165) is 10.9 Å². The highest BCUT2D eigenvalue weighted by molar-refractivity contribution is 6.42. The zero-order chi connectivity index (χ0) is 18.6. The summed E-state index contributed by atoms with van der Waals surface area (Å²) in [4.78, 5) is 12.0. The lowest BCUT2D eigenvalue weighted by Gasteiger charge is -2.07. The van der Waals surface area contributed by atoms with Gasteiger partial charge in [0.15, 0.2) is 5.69 Å². The van der Waals surface area contributed by atoms with Crippen LogP contribution >= 0.6 is 23.2 Å². The Labute approximate surface area is 151 Å². The molecule has 1 aromatic heterocycles. The second kappa shape index (κ2) is 8.07. The number of hydrogen-bond acceptors (Lipinski definition) is 3. The summed E-state index contributed by atoms with van der Waals surface area (Å²) in [7, 11) is 0. The number of hydrogen-bond donors (Lipinski definition) is 2. The minimum Gasteiger partial charge on any atom is -0.396 e. The average Bonchev–Trinajstić information content (AvgIpc) is 2.91. The number of benzene rings is 1. The van der Waals surface area contributed by atoms with Crippen molar-refractivity contribution in [1.82, 2.24) is 9.78 Å². The fourth-order valence-electron chi connectivity index (χ4n) is 2.16. The molecule has 0 unspecified atom stereocenters. The first-order chi connectivity index (χ1) is 11.7. The molecule has 0 saturated carbocycles. The summed E-state index contributed by atoms with van der Waals surface area (Å²) in [5.74, 6) is -0.566. The molecule has 2 rings (SSSR count). The van der Waals surface area contributed by atoms with Crippen LogP contribution in [0.3, 0.4) is 0 Å². The predicted molar refractivity (Wildman–Crippen MR) is 87.7 cm³/mol. The monoisotopic (exact) mass is 395 g/mol. The largest absolute Gasteiger partial charge is 0.435 e. The number of aliphatic hydroxyl groups excluding tert-OH is 1. The summed E-state index contributed by atoms with van der Waals surface area (Å²) in [5.41, 5.74) is -0.754. The first-order valence-electron chi connectivity index (χ1n) is 7.20. The first kappa shape index (κ1) is 19.6. The van der Waals surface area contributed by atoms with Crippen molar-refractivity contribution in [2.24, 2.45) is 0 Å². The SMILES string of the molecule is O=C(Cn1cc(CCCO)c(C(F)(F)F)n1)Nc1ccc(Cl)c(Cl)c1. The molecule has 0 spiro atoms. The van der Waals surface area contributed by atoms with E-state index in [1.807, 2.05) is 0 Å². The van der Waals surface area contributed by atoms with Crippen LogP contribution in [0.2, 0.25) is 10.0 Å². The quantitative estimate of drug-likeness (QED) is 0.781. The van der Waals surface area contributed by atoms with E-state index >= 15 is 0 Å². The maximum atomic E-state index is 13.0. The third-order valence-electron chi connectivity index (χ3n) is 3.22. The van der Waals surface area contributed by atoms with Crippen LogP contribution in [0.1, 0.15) is 17.7 Å². The normalized spacial score (nSPS) is 11.6. The van der Waals surface area contributed by atoms with Crippen LogP contribution in [-0.2, 0) is 23.9 Å². The van der Waals surface area contributed by atoms with Crippen molar-refractivity contribution in [2.75, 3.05) is 11.9 Å². The van der Waals surface area contributed by atoms with Crippen molar-refractivity contribution in [3.8, 4) is 0 Å². The number of nitrogens with zero attached hydrogens (tertiary/aromatic N) is 2. The maximum absolute atomic E-state index is 13.0. The number of alkyl halides is 3.